The van der Waals surface area contributed by atoms with Crippen LogP contribution in [-0.4, -0.2) is 20.7 Å². The Kier molecular flexibility index (Phi) is 5.58. The largest absolute Gasteiger partial charge is 0.309 e. The predicted molar refractivity (Wildman–Crippen MR) is 93.4 cm³/mol. The average Bonchev–Trinajstić information content (AvgIpc) is 2.86. The molecule has 122 valence electrons. The second-order valence-electron chi connectivity index (χ2n) is 5.50. The number of nitrogens with one attached hydrogen (secondary N) is 1. The van der Waals surface area contributed by atoms with E-state index in [1.54, 1.807) is 11.3 Å². The summed E-state index contributed by atoms with van der Waals surface area (Å²) in [5.74, 6) is 0.0331. The maximum atomic E-state index is 12.3. The molecule has 0 saturated carbocycles. The first-order valence-corrected chi connectivity index (χ1v) is 9.83. The van der Waals surface area contributed by atoms with Crippen molar-refractivity contribution in [1.29, 1.82) is 5.26 Å². The molecule has 4 nitrogen and oxygen atoms in total. The summed E-state index contributed by atoms with van der Waals surface area (Å²) in [6.45, 7) is 6.59. The zero-order valence-electron chi connectivity index (χ0n) is 13.5. The minimum atomic E-state index is -3.34. The second kappa shape index (κ2) is 7.26. The minimum absolute atomic E-state index is 0.0331. The van der Waals surface area contributed by atoms with Gasteiger partial charge in [0.05, 0.1) is 22.3 Å². The first kappa shape index (κ1) is 17.7. The van der Waals surface area contributed by atoms with Crippen LogP contribution in [0.4, 0.5) is 0 Å². The molecular formula is C17H20N2O2S2. The summed E-state index contributed by atoms with van der Waals surface area (Å²) in [7, 11) is -3.34. The van der Waals surface area contributed by atoms with E-state index in [2.05, 4.69) is 25.2 Å². The van der Waals surface area contributed by atoms with Crippen molar-refractivity contribution in [2.75, 3.05) is 12.3 Å². The van der Waals surface area contributed by atoms with Crippen molar-refractivity contribution in [3.05, 3.63) is 51.2 Å². The highest BCUT2D eigenvalue weighted by molar-refractivity contribution is 7.91. The summed E-state index contributed by atoms with van der Waals surface area (Å²) in [4.78, 5) is 2.78. The van der Waals surface area contributed by atoms with Crippen LogP contribution in [0, 0.1) is 25.2 Å². The molecule has 1 aromatic heterocycles. The molecule has 0 radical (unpaired) electrons. The first-order valence-electron chi connectivity index (χ1n) is 7.36. The minimum Gasteiger partial charge on any atom is -0.309 e. The molecule has 0 bridgehead atoms. The number of aryl methyl sites for hydroxylation is 2. The standard InChI is InChI=1S/C17H20N2O2S2/c1-12-10-17(14(3)22-12)13(2)19-8-9-23(20,21)16-6-4-15(11-18)5-7-16/h4-7,10,13,19H,8-9H2,1-3H3. The lowest BCUT2D eigenvalue weighted by Gasteiger charge is -2.14. The van der Waals surface area contributed by atoms with Gasteiger partial charge in [-0.25, -0.2) is 8.42 Å². The number of hydrogen-bond donors (Lipinski definition) is 1. The molecule has 0 amide bonds. The van der Waals surface area contributed by atoms with Crippen molar-refractivity contribution in [2.24, 2.45) is 0 Å². The third-order valence-electron chi connectivity index (χ3n) is 3.71. The lowest BCUT2D eigenvalue weighted by molar-refractivity contribution is 0.572. The van der Waals surface area contributed by atoms with Crippen LogP contribution in [0.1, 0.15) is 33.8 Å². The Morgan fingerprint density at radius 1 is 1.26 bits per heavy atom. The van der Waals surface area contributed by atoms with E-state index in [1.165, 1.54) is 39.6 Å². The van der Waals surface area contributed by atoms with Crippen LogP contribution >= 0.6 is 11.3 Å². The summed E-state index contributed by atoms with van der Waals surface area (Å²) in [6.07, 6.45) is 0. The fourth-order valence-electron chi connectivity index (χ4n) is 2.45. The van der Waals surface area contributed by atoms with E-state index in [9.17, 15) is 8.42 Å². The van der Waals surface area contributed by atoms with Gasteiger partial charge in [0.15, 0.2) is 9.84 Å². The van der Waals surface area contributed by atoms with E-state index in [0.717, 1.165) is 0 Å². The molecule has 0 aliphatic rings. The quantitative estimate of drug-likeness (QED) is 0.869. The lowest BCUT2D eigenvalue weighted by Crippen LogP contribution is -2.26. The molecule has 1 N–H and O–H groups in total. The van der Waals surface area contributed by atoms with E-state index in [0.29, 0.717) is 12.1 Å². The van der Waals surface area contributed by atoms with Crippen molar-refractivity contribution in [1.82, 2.24) is 5.32 Å². The van der Waals surface area contributed by atoms with Gasteiger partial charge in [0, 0.05) is 22.3 Å². The topological polar surface area (TPSA) is 70.0 Å². The number of hydrogen-bond acceptors (Lipinski definition) is 5. The summed E-state index contributed by atoms with van der Waals surface area (Å²) in [5, 5.41) is 12.0. The molecular weight excluding hydrogens is 328 g/mol. The van der Waals surface area contributed by atoms with E-state index in [1.807, 2.05) is 13.0 Å². The maximum Gasteiger partial charge on any atom is 0.179 e. The van der Waals surface area contributed by atoms with Gasteiger partial charge in [0.1, 0.15) is 0 Å². The molecule has 2 rings (SSSR count). The highest BCUT2D eigenvalue weighted by Crippen LogP contribution is 2.26. The monoisotopic (exact) mass is 348 g/mol. The van der Waals surface area contributed by atoms with Crippen molar-refractivity contribution in [3.63, 3.8) is 0 Å². The van der Waals surface area contributed by atoms with Gasteiger partial charge in [-0.1, -0.05) is 0 Å². The van der Waals surface area contributed by atoms with E-state index < -0.39 is 9.84 Å². The molecule has 6 heteroatoms. The number of sulfone groups is 1. The lowest BCUT2D eigenvalue weighted by atomic mass is 10.1. The van der Waals surface area contributed by atoms with E-state index in [4.69, 9.17) is 5.26 Å². The van der Waals surface area contributed by atoms with Gasteiger partial charge in [-0.05, 0) is 56.7 Å². The van der Waals surface area contributed by atoms with E-state index >= 15 is 0 Å². The van der Waals surface area contributed by atoms with Crippen LogP contribution in [0.25, 0.3) is 0 Å². The van der Waals surface area contributed by atoms with Gasteiger partial charge >= 0.3 is 0 Å². The maximum absolute atomic E-state index is 12.3. The van der Waals surface area contributed by atoms with Crippen LogP contribution in [0.5, 0.6) is 0 Å². The molecule has 23 heavy (non-hydrogen) atoms. The van der Waals surface area contributed by atoms with Crippen molar-refractivity contribution >= 4 is 21.2 Å². The SMILES string of the molecule is Cc1cc(C(C)NCCS(=O)(=O)c2ccc(C#N)cc2)c(C)s1. The molecule has 0 saturated heterocycles. The number of benzene rings is 1. The number of nitrogens with zero attached hydrogens (tertiary/aromatic N) is 1. The van der Waals surface area contributed by atoms with Crippen molar-refractivity contribution in [2.45, 2.75) is 31.7 Å². The molecule has 1 heterocycles. The van der Waals surface area contributed by atoms with Crippen LogP contribution in [-0.2, 0) is 9.84 Å². The van der Waals surface area contributed by atoms with Crippen LogP contribution in [0.2, 0.25) is 0 Å². The molecule has 0 fully saturated rings. The number of rotatable bonds is 6. The van der Waals surface area contributed by atoms with Crippen molar-refractivity contribution in [3.8, 4) is 6.07 Å². The molecule has 1 atom stereocenters. The Morgan fingerprint density at radius 3 is 2.43 bits per heavy atom. The van der Waals surface area contributed by atoms with Gasteiger partial charge in [-0.3, -0.25) is 0 Å². The van der Waals surface area contributed by atoms with Crippen LogP contribution < -0.4 is 5.32 Å². The van der Waals surface area contributed by atoms with Gasteiger partial charge in [0.25, 0.3) is 0 Å². The van der Waals surface area contributed by atoms with Crippen LogP contribution in [0.3, 0.4) is 0 Å². The third kappa shape index (κ3) is 4.41. The predicted octanol–water partition coefficient (Wildman–Crippen LogP) is 3.36. The molecule has 1 unspecified atom stereocenters. The Morgan fingerprint density at radius 2 is 1.91 bits per heavy atom. The zero-order valence-corrected chi connectivity index (χ0v) is 15.1. The summed E-state index contributed by atoms with van der Waals surface area (Å²) in [6, 6.07) is 10.3. The fraction of sp³-hybridized carbons (Fsp3) is 0.353. The van der Waals surface area contributed by atoms with Gasteiger partial charge in [-0.2, -0.15) is 5.26 Å². The van der Waals surface area contributed by atoms with Gasteiger partial charge in [0.2, 0.25) is 0 Å². The van der Waals surface area contributed by atoms with E-state index in [-0.39, 0.29) is 16.7 Å². The molecule has 1 aromatic carbocycles. The summed E-state index contributed by atoms with van der Waals surface area (Å²) < 4.78 is 24.6. The highest BCUT2D eigenvalue weighted by atomic mass is 32.2. The van der Waals surface area contributed by atoms with Gasteiger partial charge in [-0.15, -0.1) is 11.3 Å². The Labute approximate surface area is 141 Å². The number of nitriles is 1. The number of thiophene rings is 1. The fourth-order valence-corrected chi connectivity index (χ4v) is 4.65. The Bertz CT molecular complexity index is 815. The molecule has 0 aliphatic heterocycles. The summed E-state index contributed by atoms with van der Waals surface area (Å²) >= 11 is 1.75. The third-order valence-corrected chi connectivity index (χ3v) is 6.42. The molecule has 0 aliphatic carbocycles. The summed E-state index contributed by atoms with van der Waals surface area (Å²) in [5.41, 5.74) is 1.68. The Hall–Kier alpha value is -1.68. The molecule has 0 spiro atoms. The molecule has 2 aromatic rings. The average molecular weight is 348 g/mol. The van der Waals surface area contributed by atoms with Crippen LogP contribution in [0.15, 0.2) is 35.2 Å². The Balaban J connectivity index is 1.96. The highest BCUT2D eigenvalue weighted by Gasteiger charge is 2.16. The second-order valence-corrected chi connectivity index (χ2v) is 9.07. The smallest absolute Gasteiger partial charge is 0.179 e. The normalized spacial score (nSPS) is 12.8. The van der Waals surface area contributed by atoms with Gasteiger partial charge < -0.3 is 5.32 Å². The van der Waals surface area contributed by atoms with Crippen molar-refractivity contribution < 1.29 is 8.42 Å². The zero-order chi connectivity index (χ0) is 17.0. The first-order chi connectivity index (χ1) is 10.8.